The predicted molar refractivity (Wildman–Crippen MR) is 100 cm³/mol. The van der Waals surface area contributed by atoms with Crippen LogP contribution >= 0.6 is 27.3 Å². The molecule has 0 radical (unpaired) electrons. The number of thiophene rings is 1. The number of ether oxygens (including phenoxy) is 1. The number of rotatable bonds is 5. The number of benzene rings is 1. The van der Waals surface area contributed by atoms with Crippen LogP contribution < -0.4 is 5.32 Å². The van der Waals surface area contributed by atoms with Crippen LogP contribution in [-0.4, -0.2) is 18.5 Å². The van der Waals surface area contributed by atoms with Crippen LogP contribution in [-0.2, 0) is 4.74 Å². The molecule has 1 N–H and O–H groups in total. The maximum atomic E-state index is 13.2. The molecule has 134 valence electrons. The minimum absolute atomic E-state index is 0.100. The molecule has 26 heavy (non-hydrogen) atoms. The first-order valence-electron chi connectivity index (χ1n) is 7.60. The molecule has 0 aliphatic heterocycles. The monoisotopic (exact) mass is 437 g/mol. The smallest absolute Gasteiger partial charge is 0.341 e. The normalized spacial score (nSPS) is 10.6. The predicted octanol–water partition coefficient (Wildman–Crippen LogP) is 5.34. The van der Waals surface area contributed by atoms with Crippen LogP contribution in [0.15, 0.2) is 50.9 Å². The summed E-state index contributed by atoms with van der Waals surface area (Å²) < 4.78 is 23.9. The van der Waals surface area contributed by atoms with Gasteiger partial charge < -0.3 is 14.5 Å². The largest absolute Gasteiger partial charge is 0.462 e. The average molecular weight is 438 g/mol. The van der Waals surface area contributed by atoms with Crippen molar-refractivity contribution in [1.29, 1.82) is 0 Å². The van der Waals surface area contributed by atoms with E-state index in [0.717, 1.165) is 0 Å². The summed E-state index contributed by atoms with van der Waals surface area (Å²) in [6, 6.07) is 8.85. The Labute approximate surface area is 160 Å². The van der Waals surface area contributed by atoms with E-state index in [1.807, 2.05) is 0 Å². The van der Waals surface area contributed by atoms with Crippen LogP contribution in [0.5, 0.6) is 0 Å². The molecule has 0 unspecified atom stereocenters. The van der Waals surface area contributed by atoms with Gasteiger partial charge in [0.05, 0.1) is 6.61 Å². The highest BCUT2D eigenvalue weighted by Gasteiger charge is 2.24. The third-order valence-corrected chi connectivity index (χ3v) is 4.77. The molecule has 0 aliphatic carbocycles. The molecule has 0 spiro atoms. The fourth-order valence-corrected chi connectivity index (χ4v) is 3.56. The Hall–Kier alpha value is -2.45. The molecule has 3 rings (SSSR count). The Bertz CT molecular complexity index is 949. The van der Waals surface area contributed by atoms with E-state index < -0.39 is 11.9 Å². The van der Waals surface area contributed by atoms with E-state index in [-0.39, 0.29) is 23.7 Å². The molecule has 8 heteroatoms. The third kappa shape index (κ3) is 3.86. The maximum Gasteiger partial charge on any atom is 0.341 e. The summed E-state index contributed by atoms with van der Waals surface area (Å²) in [5.74, 6) is -1.33. The van der Waals surface area contributed by atoms with Gasteiger partial charge in [0.15, 0.2) is 10.4 Å². The lowest BCUT2D eigenvalue weighted by Crippen LogP contribution is -2.14. The molecule has 0 fully saturated rings. The lowest BCUT2D eigenvalue weighted by molar-refractivity contribution is 0.0529. The van der Waals surface area contributed by atoms with E-state index in [1.165, 1.54) is 29.5 Å². The van der Waals surface area contributed by atoms with Gasteiger partial charge in [0.2, 0.25) is 0 Å². The Morgan fingerprint density at radius 1 is 1.23 bits per heavy atom. The van der Waals surface area contributed by atoms with Crippen LogP contribution in [0.1, 0.15) is 27.8 Å². The van der Waals surface area contributed by atoms with Crippen molar-refractivity contribution >= 4 is 44.1 Å². The minimum Gasteiger partial charge on any atom is -0.462 e. The fourth-order valence-electron chi connectivity index (χ4n) is 2.30. The first-order valence-corrected chi connectivity index (χ1v) is 9.28. The SMILES string of the molecule is CCOC(=O)c1c(-c2ccc(F)cc2)csc1NC(=O)c1ccc(Br)o1. The number of esters is 1. The zero-order valence-corrected chi connectivity index (χ0v) is 15.9. The quantitative estimate of drug-likeness (QED) is 0.547. The van der Waals surface area contributed by atoms with Gasteiger partial charge in [-0.2, -0.15) is 0 Å². The molecule has 1 amide bonds. The molecule has 0 bridgehead atoms. The summed E-state index contributed by atoms with van der Waals surface area (Å²) in [6.45, 7) is 1.89. The van der Waals surface area contributed by atoms with Gasteiger partial charge in [-0.3, -0.25) is 4.79 Å². The number of nitrogens with one attached hydrogen (secondary N) is 1. The number of carbonyl (C=O) groups excluding carboxylic acids is 2. The molecule has 2 aromatic heterocycles. The topological polar surface area (TPSA) is 68.5 Å². The maximum absolute atomic E-state index is 13.2. The van der Waals surface area contributed by atoms with Crippen LogP contribution in [0, 0.1) is 5.82 Å². The molecule has 0 aliphatic rings. The number of amides is 1. The van der Waals surface area contributed by atoms with E-state index in [2.05, 4.69) is 21.2 Å². The highest BCUT2D eigenvalue weighted by Crippen LogP contribution is 2.36. The molecule has 3 aromatic rings. The number of carbonyl (C=O) groups is 2. The van der Waals surface area contributed by atoms with Crippen LogP contribution in [0.4, 0.5) is 9.39 Å². The lowest BCUT2D eigenvalue weighted by Gasteiger charge is -2.08. The van der Waals surface area contributed by atoms with Gasteiger partial charge >= 0.3 is 5.97 Å². The highest BCUT2D eigenvalue weighted by molar-refractivity contribution is 9.10. The fraction of sp³-hybridized carbons (Fsp3) is 0.111. The van der Waals surface area contributed by atoms with Crippen molar-refractivity contribution in [3.63, 3.8) is 0 Å². The summed E-state index contributed by atoms with van der Waals surface area (Å²) in [4.78, 5) is 24.8. The van der Waals surface area contributed by atoms with Crippen molar-refractivity contribution in [3.05, 3.63) is 63.6 Å². The molecular weight excluding hydrogens is 425 g/mol. The molecule has 1 aromatic carbocycles. The van der Waals surface area contributed by atoms with Gasteiger partial charge in [0.25, 0.3) is 5.91 Å². The summed E-state index contributed by atoms with van der Waals surface area (Å²) >= 11 is 4.32. The van der Waals surface area contributed by atoms with Crippen molar-refractivity contribution < 1.29 is 23.1 Å². The zero-order chi connectivity index (χ0) is 18.7. The second kappa shape index (κ2) is 7.84. The van der Waals surface area contributed by atoms with Crippen LogP contribution in [0.3, 0.4) is 0 Å². The number of furan rings is 1. The Kier molecular flexibility index (Phi) is 5.53. The molecule has 5 nitrogen and oxygen atoms in total. The number of halogens is 2. The van der Waals surface area contributed by atoms with E-state index in [0.29, 0.717) is 20.8 Å². The van der Waals surface area contributed by atoms with Crippen molar-refractivity contribution in [3.8, 4) is 11.1 Å². The minimum atomic E-state index is -0.566. The number of anilines is 1. The van der Waals surface area contributed by atoms with Crippen molar-refractivity contribution in [2.75, 3.05) is 11.9 Å². The number of hydrogen-bond acceptors (Lipinski definition) is 5. The second-order valence-corrected chi connectivity index (χ2v) is 6.80. The molecule has 0 atom stereocenters. The second-order valence-electron chi connectivity index (χ2n) is 5.14. The molecular formula is C18H13BrFNO4S. The summed E-state index contributed by atoms with van der Waals surface area (Å²) in [5.41, 5.74) is 1.43. The van der Waals surface area contributed by atoms with E-state index >= 15 is 0 Å². The van der Waals surface area contributed by atoms with Gasteiger partial charge in [-0.1, -0.05) is 12.1 Å². The lowest BCUT2D eigenvalue weighted by atomic mass is 10.0. The van der Waals surface area contributed by atoms with Gasteiger partial charge in [-0.25, -0.2) is 9.18 Å². The van der Waals surface area contributed by atoms with Gasteiger partial charge in [0, 0.05) is 10.9 Å². The van der Waals surface area contributed by atoms with E-state index in [4.69, 9.17) is 9.15 Å². The van der Waals surface area contributed by atoms with Gasteiger partial charge in [-0.15, -0.1) is 11.3 Å². The molecule has 2 heterocycles. The highest BCUT2D eigenvalue weighted by atomic mass is 79.9. The molecule has 0 saturated heterocycles. The van der Waals surface area contributed by atoms with Crippen molar-refractivity contribution in [1.82, 2.24) is 0 Å². The Morgan fingerprint density at radius 2 is 1.96 bits per heavy atom. The third-order valence-electron chi connectivity index (χ3n) is 3.45. The van der Waals surface area contributed by atoms with Crippen LogP contribution in [0.2, 0.25) is 0 Å². The van der Waals surface area contributed by atoms with E-state index in [9.17, 15) is 14.0 Å². The Balaban J connectivity index is 1.98. The first kappa shape index (κ1) is 18.3. The van der Waals surface area contributed by atoms with E-state index in [1.54, 1.807) is 30.5 Å². The first-order chi connectivity index (χ1) is 12.5. The Morgan fingerprint density at radius 3 is 2.58 bits per heavy atom. The van der Waals surface area contributed by atoms with Gasteiger partial charge in [-0.05, 0) is 52.7 Å². The average Bonchev–Trinajstić information content (AvgIpc) is 3.22. The standard InChI is InChI=1S/C18H13BrFNO4S/c1-2-24-18(23)15-12(10-3-5-11(20)6-4-10)9-26-17(15)21-16(22)13-7-8-14(19)25-13/h3-9H,2H2,1H3,(H,21,22). The summed E-state index contributed by atoms with van der Waals surface area (Å²) in [5, 5.41) is 4.72. The zero-order valence-electron chi connectivity index (χ0n) is 13.5. The summed E-state index contributed by atoms with van der Waals surface area (Å²) in [6.07, 6.45) is 0. The molecule has 0 saturated carbocycles. The van der Waals surface area contributed by atoms with Crippen LogP contribution in [0.25, 0.3) is 11.1 Å². The van der Waals surface area contributed by atoms with Gasteiger partial charge in [0.1, 0.15) is 16.4 Å². The van der Waals surface area contributed by atoms with Crippen molar-refractivity contribution in [2.45, 2.75) is 6.92 Å². The summed E-state index contributed by atoms with van der Waals surface area (Å²) in [7, 11) is 0. The number of hydrogen-bond donors (Lipinski definition) is 1. The van der Waals surface area contributed by atoms with Crippen molar-refractivity contribution in [2.24, 2.45) is 0 Å².